The monoisotopic (exact) mass is 457 g/mol. The van der Waals surface area contributed by atoms with Crippen LogP contribution in [0.5, 0.6) is 5.75 Å². The summed E-state index contributed by atoms with van der Waals surface area (Å²) in [5, 5.41) is 4.86. The Labute approximate surface area is 185 Å². The molecular weight excluding hydrogens is 434 g/mol. The number of aromatic nitrogens is 1. The lowest BCUT2D eigenvalue weighted by atomic mass is 9.97. The Morgan fingerprint density at radius 2 is 1.81 bits per heavy atom. The predicted molar refractivity (Wildman–Crippen MR) is 119 cm³/mol. The van der Waals surface area contributed by atoms with E-state index in [0.29, 0.717) is 44.0 Å². The number of amides is 1. The first kappa shape index (κ1) is 21.5. The summed E-state index contributed by atoms with van der Waals surface area (Å²) in [5.74, 6) is 0.197. The van der Waals surface area contributed by atoms with Crippen LogP contribution in [0.3, 0.4) is 0 Å². The number of sulfonamides is 1. The van der Waals surface area contributed by atoms with Gasteiger partial charge in [-0.3, -0.25) is 4.79 Å². The number of rotatable bonds is 7. The van der Waals surface area contributed by atoms with Gasteiger partial charge in [0.1, 0.15) is 12.4 Å². The molecule has 1 aliphatic rings. The fourth-order valence-electron chi connectivity index (χ4n) is 3.49. The van der Waals surface area contributed by atoms with Gasteiger partial charge in [0.05, 0.1) is 21.8 Å². The highest BCUT2D eigenvalue weighted by molar-refractivity contribution is 7.89. The number of hydrogen-bond acceptors (Lipinski definition) is 6. The predicted octanol–water partition coefficient (Wildman–Crippen LogP) is 3.76. The molecule has 1 fully saturated rings. The molecule has 7 nitrogen and oxygen atoms in total. The smallest absolute Gasteiger partial charge is 0.243 e. The number of carbonyl (C=O) groups is 1. The first-order valence-corrected chi connectivity index (χ1v) is 12.4. The number of benzene rings is 2. The first-order valence-electron chi connectivity index (χ1n) is 9.99. The third kappa shape index (κ3) is 5.12. The third-order valence-corrected chi connectivity index (χ3v) is 7.76. The molecular formula is C22H23N3O4S2. The van der Waals surface area contributed by atoms with E-state index in [4.69, 9.17) is 4.74 Å². The average molecular weight is 458 g/mol. The van der Waals surface area contributed by atoms with E-state index in [1.807, 2.05) is 17.5 Å². The van der Waals surface area contributed by atoms with Crippen LogP contribution < -0.4 is 10.1 Å². The molecule has 2 heterocycles. The number of nitrogens with zero attached hydrogens (tertiary/aromatic N) is 2. The van der Waals surface area contributed by atoms with Crippen molar-refractivity contribution in [1.29, 1.82) is 0 Å². The maximum atomic E-state index is 12.8. The highest BCUT2D eigenvalue weighted by atomic mass is 32.2. The van der Waals surface area contributed by atoms with E-state index in [1.165, 1.54) is 15.6 Å². The van der Waals surface area contributed by atoms with Gasteiger partial charge in [-0.1, -0.05) is 30.3 Å². The molecule has 0 bridgehead atoms. The number of anilines is 1. The van der Waals surface area contributed by atoms with Crippen LogP contribution in [-0.2, 0) is 21.4 Å². The van der Waals surface area contributed by atoms with Crippen molar-refractivity contribution in [2.45, 2.75) is 24.3 Å². The third-order valence-electron chi connectivity index (χ3n) is 5.21. The molecule has 1 aliphatic heterocycles. The van der Waals surface area contributed by atoms with E-state index in [9.17, 15) is 13.2 Å². The quantitative estimate of drug-likeness (QED) is 0.584. The van der Waals surface area contributed by atoms with Crippen LogP contribution in [-0.4, -0.2) is 36.7 Å². The van der Waals surface area contributed by atoms with Crippen molar-refractivity contribution in [3.63, 3.8) is 0 Å². The molecule has 0 atom stereocenters. The van der Waals surface area contributed by atoms with Crippen LogP contribution in [0.2, 0.25) is 0 Å². The average Bonchev–Trinajstić information content (AvgIpc) is 3.33. The van der Waals surface area contributed by atoms with E-state index in [-0.39, 0.29) is 16.7 Å². The van der Waals surface area contributed by atoms with Crippen molar-refractivity contribution in [3.8, 4) is 5.75 Å². The Morgan fingerprint density at radius 1 is 1.10 bits per heavy atom. The minimum Gasteiger partial charge on any atom is -0.485 e. The molecule has 0 spiro atoms. The zero-order valence-electron chi connectivity index (χ0n) is 16.8. The number of thiazole rings is 1. The highest BCUT2D eigenvalue weighted by Crippen LogP contribution is 2.28. The fourth-order valence-corrected chi connectivity index (χ4v) is 5.52. The fraction of sp³-hybridized carbons (Fsp3) is 0.273. The summed E-state index contributed by atoms with van der Waals surface area (Å²) >= 11 is 1.50. The van der Waals surface area contributed by atoms with Gasteiger partial charge in [0.25, 0.3) is 0 Å². The van der Waals surface area contributed by atoms with Crippen LogP contribution in [0.4, 0.5) is 5.69 Å². The lowest BCUT2D eigenvalue weighted by Gasteiger charge is -2.30. The molecule has 31 heavy (non-hydrogen) atoms. The second-order valence-corrected chi connectivity index (χ2v) is 9.90. The number of hydrogen-bond donors (Lipinski definition) is 1. The van der Waals surface area contributed by atoms with Gasteiger partial charge >= 0.3 is 0 Å². The molecule has 0 radical (unpaired) electrons. The van der Waals surface area contributed by atoms with Crippen LogP contribution >= 0.6 is 11.3 Å². The Balaban J connectivity index is 1.35. The summed E-state index contributed by atoms with van der Waals surface area (Å²) in [7, 11) is -3.53. The Hall–Kier alpha value is -2.75. The summed E-state index contributed by atoms with van der Waals surface area (Å²) in [6.45, 7) is 0.959. The van der Waals surface area contributed by atoms with Gasteiger partial charge in [0.15, 0.2) is 0 Å². The van der Waals surface area contributed by atoms with E-state index in [1.54, 1.807) is 48.0 Å². The maximum Gasteiger partial charge on any atom is 0.243 e. The zero-order chi connectivity index (χ0) is 21.7. The van der Waals surface area contributed by atoms with Gasteiger partial charge in [-0.2, -0.15) is 4.31 Å². The molecule has 1 amide bonds. The lowest BCUT2D eigenvalue weighted by molar-refractivity contribution is -0.120. The Morgan fingerprint density at radius 3 is 2.52 bits per heavy atom. The topological polar surface area (TPSA) is 88.6 Å². The molecule has 0 aliphatic carbocycles. The first-order chi connectivity index (χ1) is 15.0. The van der Waals surface area contributed by atoms with Crippen LogP contribution in [0, 0.1) is 5.92 Å². The normalized spacial score (nSPS) is 15.5. The molecule has 9 heteroatoms. The van der Waals surface area contributed by atoms with Crippen LogP contribution in [0.1, 0.15) is 18.5 Å². The molecule has 3 aromatic rings. The largest absolute Gasteiger partial charge is 0.485 e. The zero-order valence-corrected chi connectivity index (χ0v) is 18.4. The lowest BCUT2D eigenvalue weighted by Crippen LogP contribution is -2.41. The highest BCUT2D eigenvalue weighted by Gasteiger charge is 2.32. The minimum atomic E-state index is -3.53. The number of ether oxygens (including phenoxy) is 1. The van der Waals surface area contributed by atoms with E-state index < -0.39 is 10.0 Å². The van der Waals surface area contributed by atoms with Crippen molar-refractivity contribution >= 4 is 33.0 Å². The summed E-state index contributed by atoms with van der Waals surface area (Å²) in [5.41, 5.74) is 3.18. The number of piperidine rings is 1. The SMILES string of the molecule is O=C(Nc1ccccc1OCc1cscn1)C1CCN(S(=O)(=O)c2ccccc2)CC1. The molecule has 162 valence electrons. The van der Waals surface area contributed by atoms with Gasteiger partial charge in [-0.15, -0.1) is 11.3 Å². The van der Waals surface area contributed by atoms with Gasteiger partial charge < -0.3 is 10.1 Å². The van der Waals surface area contributed by atoms with Gasteiger partial charge in [-0.25, -0.2) is 13.4 Å². The molecule has 0 unspecified atom stereocenters. The second-order valence-electron chi connectivity index (χ2n) is 7.25. The molecule has 1 aromatic heterocycles. The van der Waals surface area contributed by atoms with Gasteiger partial charge in [0, 0.05) is 24.4 Å². The Bertz CT molecular complexity index is 1110. The summed E-state index contributed by atoms with van der Waals surface area (Å²) < 4.78 is 32.8. The molecule has 1 N–H and O–H groups in total. The summed E-state index contributed by atoms with van der Waals surface area (Å²) in [6, 6.07) is 15.7. The van der Waals surface area contributed by atoms with Crippen molar-refractivity contribution in [1.82, 2.24) is 9.29 Å². The van der Waals surface area contributed by atoms with E-state index >= 15 is 0 Å². The second kappa shape index (κ2) is 9.59. The van der Waals surface area contributed by atoms with Crippen molar-refractivity contribution in [2.75, 3.05) is 18.4 Å². The van der Waals surface area contributed by atoms with Crippen LogP contribution in [0.25, 0.3) is 0 Å². The summed E-state index contributed by atoms with van der Waals surface area (Å²) in [4.78, 5) is 17.3. The van der Waals surface area contributed by atoms with Crippen molar-refractivity contribution in [3.05, 3.63) is 71.2 Å². The standard InChI is InChI=1S/C22H23N3O4S2/c26-22(24-20-8-4-5-9-21(20)29-14-18-15-30-16-23-18)17-10-12-25(13-11-17)31(27,28)19-6-2-1-3-7-19/h1-9,15-17H,10-14H2,(H,24,26). The molecule has 4 rings (SSSR count). The number of para-hydroxylation sites is 2. The summed E-state index contributed by atoms with van der Waals surface area (Å²) in [6.07, 6.45) is 0.944. The number of carbonyl (C=O) groups excluding carboxylic acids is 1. The molecule has 0 saturated carbocycles. The van der Waals surface area contributed by atoms with E-state index in [2.05, 4.69) is 10.3 Å². The minimum absolute atomic E-state index is 0.124. The maximum absolute atomic E-state index is 12.8. The van der Waals surface area contributed by atoms with Gasteiger partial charge in [0.2, 0.25) is 15.9 Å². The number of nitrogens with one attached hydrogen (secondary N) is 1. The van der Waals surface area contributed by atoms with Crippen molar-refractivity contribution < 1.29 is 17.9 Å². The van der Waals surface area contributed by atoms with Crippen molar-refractivity contribution in [2.24, 2.45) is 5.92 Å². The molecule has 1 saturated heterocycles. The van der Waals surface area contributed by atoms with Gasteiger partial charge in [-0.05, 0) is 37.1 Å². The molecule has 2 aromatic carbocycles. The Kier molecular flexibility index (Phi) is 6.64. The van der Waals surface area contributed by atoms with Crippen LogP contribution in [0.15, 0.2) is 70.4 Å². The van der Waals surface area contributed by atoms with E-state index in [0.717, 1.165) is 5.69 Å².